The van der Waals surface area contributed by atoms with Gasteiger partial charge in [0.05, 0.1) is 6.10 Å². The number of amides is 2. The Balaban J connectivity index is 2.55. The Labute approximate surface area is 95.6 Å². The minimum atomic E-state index is -1.37. The van der Waals surface area contributed by atoms with Crippen molar-refractivity contribution in [1.29, 1.82) is 0 Å². The highest BCUT2D eigenvalue weighted by Gasteiger charge is 2.32. The fraction of sp³-hybridized carbons (Fsp3) is 0.625. The molecule has 1 aliphatic heterocycles. The van der Waals surface area contributed by atoms with Crippen molar-refractivity contribution in [2.75, 3.05) is 5.75 Å². The van der Waals surface area contributed by atoms with Crippen molar-refractivity contribution in [3.63, 3.8) is 0 Å². The Kier molecular flexibility index (Phi) is 4.13. The van der Waals surface area contributed by atoms with E-state index in [1.165, 1.54) is 6.92 Å². The summed E-state index contributed by atoms with van der Waals surface area (Å²) < 4.78 is 0. The van der Waals surface area contributed by atoms with Crippen LogP contribution in [0.2, 0.25) is 0 Å². The smallest absolute Gasteiger partial charge is 0.328 e. The molecule has 2 amide bonds. The molecule has 1 rings (SSSR count). The van der Waals surface area contributed by atoms with Crippen LogP contribution in [0, 0.1) is 0 Å². The summed E-state index contributed by atoms with van der Waals surface area (Å²) in [6, 6.07) is -2.10. The number of aliphatic hydroxyl groups is 1. The lowest BCUT2D eigenvalue weighted by Crippen LogP contribution is -2.53. The summed E-state index contributed by atoms with van der Waals surface area (Å²) in [6.07, 6.45) is -1.20. The molecular formula is C8H12N2O5S. The molecule has 0 spiro atoms. The summed E-state index contributed by atoms with van der Waals surface area (Å²) >= 11 is 0.957. The van der Waals surface area contributed by atoms with Gasteiger partial charge in [-0.2, -0.15) is 0 Å². The number of aliphatic hydroxyl groups excluding tert-OH is 1. The normalized spacial score (nSPS) is 23.4. The monoisotopic (exact) mass is 248 g/mol. The van der Waals surface area contributed by atoms with Crippen LogP contribution in [-0.2, 0) is 9.59 Å². The Bertz CT molecular complexity index is 320. The van der Waals surface area contributed by atoms with Crippen molar-refractivity contribution in [2.24, 2.45) is 0 Å². The van der Waals surface area contributed by atoms with Crippen molar-refractivity contribution in [3.8, 4) is 0 Å². The van der Waals surface area contributed by atoms with Gasteiger partial charge in [-0.25, -0.2) is 4.79 Å². The molecular weight excluding hydrogens is 236 g/mol. The van der Waals surface area contributed by atoms with Crippen LogP contribution < -0.4 is 10.6 Å². The minimum Gasteiger partial charge on any atom is -0.480 e. The molecule has 16 heavy (non-hydrogen) atoms. The molecule has 0 aromatic rings. The average molecular weight is 248 g/mol. The highest BCUT2D eigenvalue weighted by Crippen LogP contribution is 2.13. The van der Waals surface area contributed by atoms with Gasteiger partial charge in [0, 0.05) is 5.75 Å². The van der Waals surface area contributed by atoms with Gasteiger partial charge in [-0.05, 0) is 6.92 Å². The van der Waals surface area contributed by atoms with Gasteiger partial charge in [-0.1, -0.05) is 11.8 Å². The van der Waals surface area contributed by atoms with Gasteiger partial charge in [-0.15, -0.1) is 0 Å². The lowest BCUT2D eigenvalue weighted by atomic mass is 10.1. The molecule has 0 aliphatic carbocycles. The molecule has 90 valence electrons. The Morgan fingerprint density at radius 3 is 2.62 bits per heavy atom. The molecule has 1 saturated heterocycles. The molecule has 1 aliphatic rings. The molecule has 1 fully saturated rings. The van der Waals surface area contributed by atoms with E-state index in [-0.39, 0.29) is 11.0 Å². The van der Waals surface area contributed by atoms with E-state index in [2.05, 4.69) is 10.6 Å². The first-order valence-corrected chi connectivity index (χ1v) is 5.55. The van der Waals surface area contributed by atoms with E-state index < -0.39 is 30.1 Å². The number of hydrogen-bond acceptors (Lipinski definition) is 5. The van der Waals surface area contributed by atoms with Gasteiger partial charge in [0.2, 0.25) is 5.91 Å². The summed E-state index contributed by atoms with van der Waals surface area (Å²) in [5.41, 5.74) is 0. The molecule has 4 N–H and O–H groups in total. The van der Waals surface area contributed by atoms with E-state index in [1.807, 2.05) is 0 Å². The predicted molar refractivity (Wildman–Crippen MR) is 56.0 cm³/mol. The fourth-order valence-corrected chi connectivity index (χ4v) is 1.95. The second-order valence-electron chi connectivity index (χ2n) is 3.36. The first kappa shape index (κ1) is 12.8. The third kappa shape index (κ3) is 3.11. The number of aliphatic carboxylic acids is 1. The second kappa shape index (κ2) is 5.17. The maximum Gasteiger partial charge on any atom is 0.328 e. The summed E-state index contributed by atoms with van der Waals surface area (Å²) in [6.45, 7) is 1.26. The highest BCUT2D eigenvalue weighted by molar-refractivity contribution is 8.14. The lowest BCUT2D eigenvalue weighted by Gasteiger charge is -2.19. The van der Waals surface area contributed by atoms with E-state index in [4.69, 9.17) is 10.2 Å². The van der Waals surface area contributed by atoms with Gasteiger partial charge < -0.3 is 20.8 Å². The number of carboxylic acid groups (broad SMARTS) is 1. The topological polar surface area (TPSA) is 116 Å². The van der Waals surface area contributed by atoms with Gasteiger partial charge in [-0.3, -0.25) is 9.59 Å². The van der Waals surface area contributed by atoms with Gasteiger partial charge in [0.1, 0.15) is 6.04 Å². The van der Waals surface area contributed by atoms with E-state index in [0.29, 0.717) is 0 Å². The molecule has 1 heterocycles. The lowest BCUT2D eigenvalue weighted by molar-refractivity contribution is -0.144. The van der Waals surface area contributed by atoms with Gasteiger partial charge in [0.15, 0.2) is 6.04 Å². The first-order chi connectivity index (χ1) is 7.41. The van der Waals surface area contributed by atoms with E-state index in [0.717, 1.165) is 11.8 Å². The molecule has 3 atom stereocenters. The number of hydrogen-bond donors (Lipinski definition) is 4. The zero-order chi connectivity index (χ0) is 12.3. The molecule has 7 nitrogen and oxygen atoms in total. The van der Waals surface area contributed by atoms with Crippen LogP contribution in [-0.4, -0.2) is 51.3 Å². The van der Waals surface area contributed by atoms with Crippen LogP contribution in [0.4, 0.5) is 4.79 Å². The molecule has 0 saturated carbocycles. The number of nitrogens with one attached hydrogen (secondary N) is 2. The zero-order valence-corrected chi connectivity index (χ0v) is 9.28. The quantitative estimate of drug-likeness (QED) is 0.494. The van der Waals surface area contributed by atoms with Crippen LogP contribution >= 0.6 is 11.8 Å². The summed E-state index contributed by atoms with van der Waals surface area (Å²) in [4.78, 5) is 33.0. The summed E-state index contributed by atoms with van der Waals surface area (Å²) in [5.74, 6) is -1.66. The summed E-state index contributed by atoms with van der Waals surface area (Å²) in [7, 11) is 0. The van der Waals surface area contributed by atoms with Crippen molar-refractivity contribution >= 4 is 28.9 Å². The SMILES string of the molecule is C[C@@H](O)[C@H](NC(=O)C1CSC(=O)N1)C(=O)O. The van der Waals surface area contributed by atoms with E-state index in [9.17, 15) is 14.4 Å². The number of thioether (sulfide) groups is 1. The molecule has 0 aromatic carbocycles. The number of rotatable bonds is 4. The van der Waals surface area contributed by atoms with E-state index in [1.54, 1.807) is 0 Å². The Morgan fingerprint density at radius 1 is 1.62 bits per heavy atom. The molecule has 0 bridgehead atoms. The van der Waals surface area contributed by atoms with Gasteiger partial charge >= 0.3 is 5.97 Å². The molecule has 1 unspecified atom stereocenters. The average Bonchev–Trinajstić information content (AvgIpc) is 2.59. The number of carbonyl (C=O) groups is 3. The Morgan fingerprint density at radius 2 is 2.25 bits per heavy atom. The van der Waals surface area contributed by atoms with Crippen LogP contribution in [0.5, 0.6) is 0 Å². The third-order valence-electron chi connectivity index (χ3n) is 2.04. The standard InChI is InChI=1S/C8H12N2O5S/c1-3(11)5(7(13)14)10-6(12)4-2-16-8(15)9-4/h3-5,11H,2H2,1H3,(H,9,15)(H,10,12)(H,13,14)/t3-,4?,5+/m1/s1. The molecule has 0 aromatic heterocycles. The van der Waals surface area contributed by atoms with Crippen molar-refractivity contribution in [2.45, 2.75) is 25.1 Å². The third-order valence-corrected chi connectivity index (χ3v) is 2.92. The van der Waals surface area contributed by atoms with Crippen LogP contribution in [0.1, 0.15) is 6.92 Å². The predicted octanol–water partition coefficient (Wildman–Crippen LogP) is -1.24. The number of carboxylic acids is 1. The van der Waals surface area contributed by atoms with Crippen molar-refractivity contribution in [3.05, 3.63) is 0 Å². The fourth-order valence-electron chi connectivity index (χ4n) is 1.17. The van der Waals surface area contributed by atoms with Crippen LogP contribution in [0.25, 0.3) is 0 Å². The van der Waals surface area contributed by atoms with Crippen molar-refractivity contribution in [1.82, 2.24) is 10.6 Å². The maximum atomic E-state index is 11.5. The summed E-state index contributed by atoms with van der Waals surface area (Å²) in [5, 5.41) is 22.1. The van der Waals surface area contributed by atoms with E-state index >= 15 is 0 Å². The largest absolute Gasteiger partial charge is 0.480 e. The Hall–Kier alpha value is -1.28. The second-order valence-corrected chi connectivity index (χ2v) is 4.35. The number of carbonyl (C=O) groups excluding carboxylic acids is 2. The zero-order valence-electron chi connectivity index (χ0n) is 8.47. The van der Waals surface area contributed by atoms with Gasteiger partial charge in [0.25, 0.3) is 5.24 Å². The van der Waals surface area contributed by atoms with Crippen LogP contribution in [0.3, 0.4) is 0 Å². The van der Waals surface area contributed by atoms with Crippen LogP contribution in [0.15, 0.2) is 0 Å². The van der Waals surface area contributed by atoms with Crippen molar-refractivity contribution < 1.29 is 24.6 Å². The maximum absolute atomic E-state index is 11.5. The molecule has 8 heteroatoms. The first-order valence-electron chi connectivity index (χ1n) is 4.56. The highest BCUT2D eigenvalue weighted by atomic mass is 32.2. The minimum absolute atomic E-state index is 0.261. The molecule has 0 radical (unpaired) electrons.